The summed E-state index contributed by atoms with van der Waals surface area (Å²) >= 11 is 3.95. The molecule has 0 saturated carbocycles. The van der Waals surface area contributed by atoms with Gasteiger partial charge in [0.2, 0.25) is 0 Å². The van der Waals surface area contributed by atoms with Crippen LogP contribution in [0.25, 0.3) is 0 Å². The molecule has 134 valence electrons. The Hall–Kier alpha value is -0.210. The lowest BCUT2D eigenvalue weighted by Gasteiger charge is -2.43. The molecule has 0 spiro atoms. The molecule has 0 fully saturated rings. The quantitative estimate of drug-likeness (QED) is 0.423. The summed E-state index contributed by atoms with van der Waals surface area (Å²) in [6.07, 6.45) is -6.30. The number of aliphatic hydroxyl groups excluding tert-OH is 2. The molecule has 1 aliphatic heterocycles. The van der Waals surface area contributed by atoms with Crippen LogP contribution in [0.1, 0.15) is 6.92 Å². The molecule has 24 heavy (non-hydrogen) atoms. The minimum atomic E-state index is -4.87. The normalized spacial score (nSPS) is 26.0. The lowest BCUT2D eigenvalue weighted by Crippen LogP contribution is -2.61. The van der Waals surface area contributed by atoms with E-state index in [0.29, 0.717) is 14.5 Å². The summed E-state index contributed by atoms with van der Waals surface area (Å²) in [6, 6.07) is 3.08. The highest BCUT2D eigenvalue weighted by Crippen LogP contribution is 2.50. The van der Waals surface area contributed by atoms with Gasteiger partial charge in [-0.25, -0.2) is 5.01 Å². The zero-order valence-corrected chi connectivity index (χ0v) is 16.9. The van der Waals surface area contributed by atoms with Crippen molar-refractivity contribution in [3.05, 3.63) is 24.5 Å². The number of aliphatic hydroxyl groups is 2. The van der Waals surface area contributed by atoms with Crippen LogP contribution in [0.3, 0.4) is 0 Å². The fraction of sp³-hybridized carbons (Fsp3) is 0.571. The number of nitrogens with zero attached hydrogens (tertiary/aromatic N) is 3. The first-order valence-corrected chi connectivity index (χ1v) is 10.1. The molecule has 3 atom stereocenters. The smallest absolute Gasteiger partial charge is 0.383 e. The number of pyridine rings is 1. The van der Waals surface area contributed by atoms with Crippen LogP contribution < -0.4 is 5.01 Å². The molecule has 2 N–H and O–H groups in total. The Morgan fingerprint density at radius 1 is 1.29 bits per heavy atom. The second kappa shape index (κ2) is 7.58. The van der Waals surface area contributed by atoms with Crippen molar-refractivity contribution in [1.29, 1.82) is 0 Å². The fourth-order valence-corrected chi connectivity index (χ4v) is 6.30. The van der Waals surface area contributed by atoms with Crippen LogP contribution in [0.15, 0.2) is 29.6 Å². The van der Waals surface area contributed by atoms with Gasteiger partial charge in [0.15, 0.2) is 12.3 Å². The third kappa shape index (κ3) is 3.26. The zero-order chi connectivity index (χ0) is 18.1. The van der Waals surface area contributed by atoms with Crippen LogP contribution >= 0.6 is 45.2 Å². The Bertz CT molecular complexity index is 599. The van der Waals surface area contributed by atoms with E-state index < -0.39 is 29.8 Å². The van der Waals surface area contributed by atoms with E-state index in [0.717, 1.165) is 5.01 Å². The first-order chi connectivity index (χ1) is 11.2. The maximum absolute atomic E-state index is 13.4. The fourth-order valence-electron chi connectivity index (χ4n) is 3.02. The van der Waals surface area contributed by atoms with E-state index in [2.05, 4.69) is 10.1 Å². The van der Waals surface area contributed by atoms with Gasteiger partial charge in [0, 0.05) is 27.0 Å². The second-order valence-corrected chi connectivity index (χ2v) is 7.25. The first kappa shape index (κ1) is 20.1. The molecule has 10 heteroatoms. The number of hydrogen-bond acceptors (Lipinski definition) is 5. The van der Waals surface area contributed by atoms with E-state index in [1.165, 1.54) is 19.3 Å². The predicted octanol–water partition coefficient (Wildman–Crippen LogP) is 2.99. The highest BCUT2D eigenvalue weighted by molar-refractivity contribution is 14.1. The molecule has 1 aromatic heterocycles. The van der Waals surface area contributed by atoms with E-state index in [1.807, 2.05) is 45.2 Å². The zero-order valence-electron chi connectivity index (χ0n) is 12.6. The van der Waals surface area contributed by atoms with Crippen LogP contribution in [0, 0.1) is 11.3 Å². The second-order valence-electron chi connectivity index (χ2n) is 5.49. The molecular formula is C14H16F3I2N3O2. The topological polar surface area (TPSA) is 69.0 Å². The monoisotopic (exact) mass is 569 g/mol. The Balaban J connectivity index is 2.58. The van der Waals surface area contributed by atoms with Crippen LogP contribution in [-0.4, -0.2) is 48.3 Å². The van der Waals surface area contributed by atoms with Crippen molar-refractivity contribution < 1.29 is 23.4 Å². The summed E-state index contributed by atoms with van der Waals surface area (Å²) in [5.74, 6) is -0.610. The van der Waals surface area contributed by atoms with Crippen molar-refractivity contribution in [2.75, 3.05) is 13.9 Å². The first-order valence-electron chi connectivity index (χ1n) is 7.00. The van der Waals surface area contributed by atoms with Crippen LogP contribution in [0.4, 0.5) is 18.9 Å². The van der Waals surface area contributed by atoms with E-state index in [-0.39, 0.29) is 5.71 Å². The van der Waals surface area contributed by atoms with Crippen molar-refractivity contribution in [1.82, 2.24) is 4.98 Å². The average molecular weight is 569 g/mol. The summed E-state index contributed by atoms with van der Waals surface area (Å²) in [7, 11) is 0. The number of rotatable bonds is 5. The molecule has 5 nitrogen and oxygen atoms in total. The Kier molecular flexibility index (Phi) is 6.35. The Morgan fingerprint density at radius 2 is 1.83 bits per heavy atom. The summed E-state index contributed by atoms with van der Waals surface area (Å²) in [5.41, 5.74) is -1.45. The van der Waals surface area contributed by atoms with Crippen molar-refractivity contribution in [3.63, 3.8) is 0 Å². The molecule has 0 amide bonds. The van der Waals surface area contributed by atoms with Gasteiger partial charge in [-0.1, -0.05) is 45.2 Å². The molecule has 2 rings (SSSR count). The molecule has 1 aliphatic rings. The molecule has 0 aromatic carbocycles. The van der Waals surface area contributed by atoms with E-state index >= 15 is 0 Å². The Morgan fingerprint density at radius 3 is 2.29 bits per heavy atom. The lowest BCUT2D eigenvalue weighted by atomic mass is 9.68. The summed E-state index contributed by atoms with van der Waals surface area (Å²) < 4.78 is 40.9. The molecule has 0 saturated heterocycles. The van der Waals surface area contributed by atoms with Gasteiger partial charge < -0.3 is 10.2 Å². The van der Waals surface area contributed by atoms with Gasteiger partial charge in [0.25, 0.3) is 0 Å². The molecule has 1 aromatic rings. The Labute approximate surface area is 164 Å². The minimum Gasteiger partial charge on any atom is -0.383 e. The van der Waals surface area contributed by atoms with Gasteiger partial charge in [0.1, 0.15) is 0 Å². The van der Waals surface area contributed by atoms with Crippen molar-refractivity contribution in [3.8, 4) is 0 Å². The third-order valence-electron chi connectivity index (χ3n) is 4.28. The largest absolute Gasteiger partial charge is 0.415 e. The van der Waals surface area contributed by atoms with Gasteiger partial charge >= 0.3 is 6.18 Å². The van der Waals surface area contributed by atoms with Gasteiger partial charge in [0.05, 0.1) is 11.1 Å². The minimum absolute atomic E-state index is 0.0648. The van der Waals surface area contributed by atoms with Crippen LogP contribution in [-0.2, 0) is 0 Å². The van der Waals surface area contributed by atoms with E-state index in [9.17, 15) is 23.4 Å². The van der Waals surface area contributed by atoms with E-state index in [1.54, 1.807) is 12.1 Å². The highest BCUT2D eigenvalue weighted by atomic mass is 127. The van der Waals surface area contributed by atoms with Crippen molar-refractivity contribution >= 4 is 56.6 Å². The van der Waals surface area contributed by atoms with Gasteiger partial charge in [-0.2, -0.15) is 18.3 Å². The molecular weight excluding hydrogens is 553 g/mol. The van der Waals surface area contributed by atoms with Crippen molar-refractivity contribution in [2.45, 2.75) is 25.4 Å². The van der Waals surface area contributed by atoms with E-state index in [4.69, 9.17) is 0 Å². The number of aromatic nitrogens is 1. The third-order valence-corrected chi connectivity index (χ3v) is 6.41. The maximum Gasteiger partial charge on any atom is 0.415 e. The molecule has 2 heterocycles. The average Bonchev–Trinajstić information content (AvgIpc) is 2.81. The van der Waals surface area contributed by atoms with Gasteiger partial charge in [-0.3, -0.25) is 4.98 Å². The molecule has 3 unspecified atom stereocenters. The summed E-state index contributed by atoms with van der Waals surface area (Å²) in [6.45, 7) is 1.42. The van der Waals surface area contributed by atoms with Crippen LogP contribution in [0.5, 0.6) is 0 Å². The highest BCUT2D eigenvalue weighted by Gasteiger charge is 2.65. The van der Waals surface area contributed by atoms with Crippen molar-refractivity contribution in [2.24, 2.45) is 16.4 Å². The lowest BCUT2D eigenvalue weighted by molar-refractivity contribution is -0.244. The summed E-state index contributed by atoms with van der Waals surface area (Å²) in [5, 5.41) is 26.2. The van der Waals surface area contributed by atoms with Gasteiger partial charge in [-0.15, -0.1) is 0 Å². The van der Waals surface area contributed by atoms with Gasteiger partial charge in [-0.05, 0) is 25.0 Å². The summed E-state index contributed by atoms with van der Waals surface area (Å²) in [4.78, 5) is 3.85. The maximum atomic E-state index is 13.4. The predicted molar refractivity (Wildman–Crippen MR) is 102 cm³/mol. The number of hydrogen-bond donors (Lipinski definition) is 2. The number of hydrazone groups is 1. The van der Waals surface area contributed by atoms with Crippen LogP contribution in [0.2, 0.25) is 0 Å². The molecule has 0 radical (unpaired) electrons. The standard InChI is InChI=1S/C14H16F3I2N3O2/c1-8-13(9(6-18)7-19,11(23)14(15,16)17)12(24)22(21-8)10-2-4-20-5-3-10/h2-5,9,11-12,23-24H,6-7H2,1H3. The number of halogens is 5. The number of anilines is 1. The molecule has 0 aliphatic carbocycles. The molecule has 0 bridgehead atoms. The SMILES string of the molecule is CC1=NN(c2ccncc2)C(O)C1(C(CI)CI)C(O)C(F)(F)F. The number of alkyl halides is 5.